The molecule has 0 saturated heterocycles. The second-order valence-corrected chi connectivity index (χ2v) is 6.13. The Morgan fingerprint density at radius 3 is 2.70 bits per heavy atom. The third-order valence-corrected chi connectivity index (χ3v) is 4.32. The van der Waals surface area contributed by atoms with Crippen LogP contribution in [0.15, 0.2) is 42.5 Å². The smallest absolute Gasteiger partial charge is 0.246 e. The zero-order valence-electron chi connectivity index (χ0n) is 12.8. The van der Waals surface area contributed by atoms with E-state index in [1.54, 1.807) is 25.2 Å². The van der Waals surface area contributed by atoms with Crippen molar-refractivity contribution in [1.82, 2.24) is 9.55 Å². The predicted octanol–water partition coefficient (Wildman–Crippen LogP) is 4.31. The molecule has 1 heterocycles. The normalized spacial score (nSPS) is 11.0. The SMILES string of the molecule is Cc1nc2ccccc2n1CC(=O)N(C)c1ccc(Cl)cc1Cl. The lowest BCUT2D eigenvalue weighted by Crippen LogP contribution is -2.30. The van der Waals surface area contributed by atoms with Gasteiger partial charge in [0, 0.05) is 12.1 Å². The van der Waals surface area contributed by atoms with Crippen molar-refractivity contribution in [3.8, 4) is 0 Å². The number of aryl methyl sites for hydroxylation is 1. The summed E-state index contributed by atoms with van der Waals surface area (Å²) < 4.78 is 1.90. The molecule has 4 nitrogen and oxygen atoms in total. The van der Waals surface area contributed by atoms with Gasteiger partial charge in [0.25, 0.3) is 0 Å². The van der Waals surface area contributed by atoms with Crippen LogP contribution in [0.1, 0.15) is 5.82 Å². The molecule has 1 amide bonds. The van der Waals surface area contributed by atoms with Gasteiger partial charge in [0.15, 0.2) is 0 Å². The molecule has 3 aromatic rings. The zero-order valence-corrected chi connectivity index (χ0v) is 14.3. The van der Waals surface area contributed by atoms with Crippen LogP contribution in [0, 0.1) is 6.92 Å². The van der Waals surface area contributed by atoms with Crippen molar-refractivity contribution >= 4 is 45.8 Å². The van der Waals surface area contributed by atoms with E-state index in [1.165, 1.54) is 4.90 Å². The van der Waals surface area contributed by atoms with Gasteiger partial charge in [0.05, 0.1) is 21.7 Å². The average molecular weight is 348 g/mol. The Balaban J connectivity index is 1.90. The lowest BCUT2D eigenvalue weighted by Gasteiger charge is -2.19. The summed E-state index contributed by atoms with van der Waals surface area (Å²) in [6, 6.07) is 12.8. The quantitative estimate of drug-likeness (QED) is 0.707. The third-order valence-electron chi connectivity index (χ3n) is 3.78. The van der Waals surface area contributed by atoms with E-state index in [2.05, 4.69) is 4.98 Å². The number of carbonyl (C=O) groups is 1. The van der Waals surface area contributed by atoms with Crippen LogP contribution >= 0.6 is 23.2 Å². The molecule has 118 valence electrons. The second kappa shape index (κ2) is 6.22. The number of hydrogen-bond acceptors (Lipinski definition) is 2. The molecule has 0 bridgehead atoms. The zero-order chi connectivity index (χ0) is 16.6. The fourth-order valence-corrected chi connectivity index (χ4v) is 3.06. The summed E-state index contributed by atoms with van der Waals surface area (Å²) >= 11 is 12.1. The van der Waals surface area contributed by atoms with Crippen LogP contribution in [0.4, 0.5) is 5.69 Å². The van der Waals surface area contributed by atoms with E-state index in [0.717, 1.165) is 16.9 Å². The molecule has 0 atom stereocenters. The number of para-hydroxylation sites is 2. The van der Waals surface area contributed by atoms with Crippen molar-refractivity contribution in [2.45, 2.75) is 13.5 Å². The first kappa shape index (κ1) is 15.8. The van der Waals surface area contributed by atoms with Gasteiger partial charge in [-0.25, -0.2) is 4.98 Å². The molecule has 1 aromatic heterocycles. The van der Waals surface area contributed by atoms with Gasteiger partial charge in [-0.15, -0.1) is 0 Å². The summed E-state index contributed by atoms with van der Waals surface area (Å²) in [5.74, 6) is 0.718. The minimum atomic E-state index is -0.0829. The van der Waals surface area contributed by atoms with Gasteiger partial charge < -0.3 is 9.47 Å². The van der Waals surface area contributed by atoms with Crippen LogP contribution in [0.2, 0.25) is 10.0 Å². The molecular weight excluding hydrogens is 333 g/mol. The Morgan fingerprint density at radius 2 is 1.96 bits per heavy atom. The minimum Gasteiger partial charge on any atom is -0.319 e. The summed E-state index contributed by atoms with van der Waals surface area (Å²) in [6.07, 6.45) is 0. The Morgan fingerprint density at radius 1 is 1.22 bits per heavy atom. The maximum Gasteiger partial charge on any atom is 0.246 e. The molecule has 0 aliphatic carbocycles. The third kappa shape index (κ3) is 3.05. The first-order valence-electron chi connectivity index (χ1n) is 7.11. The number of aromatic nitrogens is 2. The summed E-state index contributed by atoms with van der Waals surface area (Å²) in [7, 11) is 1.70. The van der Waals surface area contributed by atoms with Gasteiger partial charge in [-0.2, -0.15) is 0 Å². The molecule has 0 spiro atoms. The molecule has 0 unspecified atom stereocenters. The number of carbonyl (C=O) groups excluding carboxylic acids is 1. The van der Waals surface area contributed by atoms with Crippen molar-refractivity contribution in [3.63, 3.8) is 0 Å². The molecular formula is C17H15Cl2N3O. The minimum absolute atomic E-state index is 0.0829. The van der Waals surface area contributed by atoms with E-state index in [9.17, 15) is 4.79 Å². The van der Waals surface area contributed by atoms with Gasteiger partial charge >= 0.3 is 0 Å². The highest BCUT2D eigenvalue weighted by atomic mass is 35.5. The van der Waals surface area contributed by atoms with Crippen molar-refractivity contribution < 1.29 is 4.79 Å². The molecule has 23 heavy (non-hydrogen) atoms. The highest BCUT2D eigenvalue weighted by Crippen LogP contribution is 2.28. The van der Waals surface area contributed by atoms with Gasteiger partial charge in [0.2, 0.25) is 5.91 Å². The van der Waals surface area contributed by atoms with Gasteiger partial charge in [-0.3, -0.25) is 4.79 Å². The summed E-state index contributed by atoms with van der Waals surface area (Å²) in [5, 5.41) is 0.983. The van der Waals surface area contributed by atoms with E-state index in [0.29, 0.717) is 15.7 Å². The Hall–Kier alpha value is -2.04. The van der Waals surface area contributed by atoms with Crippen LogP contribution in [0.25, 0.3) is 11.0 Å². The van der Waals surface area contributed by atoms with Crippen molar-refractivity contribution in [2.24, 2.45) is 0 Å². The van der Waals surface area contributed by atoms with Crippen molar-refractivity contribution in [1.29, 1.82) is 0 Å². The number of rotatable bonds is 3. The molecule has 0 N–H and O–H groups in total. The Kier molecular flexibility index (Phi) is 4.28. The van der Waals surface area contributed by atoms with Crippen LogP contribution in [0.5, 0.6) is 0 Å². The number of halogens is 2. The summed E-state index contributed by atoms with van der Waals surface area (Å²) in [5.41, 5.74) is 2.45. The number of benzene rings is 2. The van der Waals surface area contributed by atoms with Crippen molar-refractivity contribution in [2.75, 3.05) is 11.9 Å². The van der Waals surface area contributed by atoms with E-state index in [1.807, 2.05) is 35.8 Å². The molecule has 0 aliphatic rings. The fourth-order valence-electron chi connectivity index (χ4n) is 2.52. The standard InChI is InChI=1S/C17H15Cl2N3O/c1-11-20-14-5-3-4-6-16(14)22(11)10-17(23)21(2)15-8-7-12(18)9-13(15)19/h3-9H,10H2,1-2H3. The highest BCUT2D eigenvalue weighted by molar-refractivity contribution is 6.36. The highest BCUT2D eigenvalue weighted by Gasteiger charge is 2.17. The monoisotopic (exact) mass is 347 g/mol. The first-order valence-corrected chi connectivity index (χ1v) is 7.86. The number of likely N-dealkylation sites (N-methyl/N-ethyl adjacent to an activating group) is 1. The molecule has 3 rings (SSSR count). The fraction of sp³-hybridized carbons (Fsp3) is 0.176. The summed E-state index contributed by atoms with van der Waals surface area (Å²) in [6.45, 7) is 2.09. The van der Waals surface area contributed by atoms with Crippen LogP contribution in [0.3, 0.4) is 0 Å². The van der Waals surface area contributed by atoms with E-state index in [4.69, 9.17) is 23.2 Å². The Bertz CT molecular complexity index is 889. The van der Waals surface area contributed by atoms with E-state index < -0.39 is 0 Å². The van der Waals surface area contributed by atoms with Crippen LogP contribution in [-0.2, 0) is 11.3 Å². The van der Waals surface area contributed by atoms with Gasteiger partial charge in [0.1, 0.15) is 12.4 Å². The van der Waals surface area contributed by atoms with E-state index >= 15 is 0 Å². The second-order valence-electron chi connectivity index (χ2n) is 5.28. The largest absolute Gasteiger partial charge is 0.319 e. The van der Waals surface area contributed by atoms with Crippen LogP contribution < -0.4 is 4.90 Å². The number of anilines is 1. The maximum absolute atomic E-state index is 12.6. The van der Waals surface area contributed by atoms with Gasteiger partial charge in [-0.05, 0) is 37.3 Å². The van der Waals surface area contributed by atoms with E-state index in [-0.39, 0.29) is 12.5 Å². The topological polar surface area (TPSA) is 38.1 Å². The van der Waals surface area contributed by atoms with Crippen LogP contribution in [-0.4, -0.2) is 22.5 Å². The number of nitrogens with zero attached hydrogens (tertiary/aromatic N) is 3. The Labute approximate surface area is 144 Å². The molecule has 0 radical (unpaired) electrons. The lowest BCUT2D eigenvalue weighted by atomic mass is 10.3. The first-order chi connectivity index (χ1) is 11.0. The maximum atomic E-state index is 12.6. The molecule has 0 fully saturated rings. The molecule has 6 heteroatoms. The lowest BCUT2D eigenvalue weighted by molar-refractivity contribution is -0.118. The molecule has 0 saturated carbocycles. The summed E-state index contributed by atoms with van der Waals surface area (Å²) in [4.78, 5) is 18.6. The average Bonchev–Trinajstić information content (AvgIpc) is 2.83. The van der Waals surface area contributed by atoms with Crippen molar-refractivity contribution in [3.05, 3.63) is 58.3 Å². The number of hydrogen-bond donors (Lipinski definition) is 0. The number of amides is 1. The predicted molar refractivity (Wildman–Crippen MR) is 94.3 cm³/mol. The van der Waals surface area contributed by atoms with Gasteiger partial charge in [-0.1, -0.05) is 35.3 Å². The molecule has 2 aromatic carbocycles. The molecule has 0 aliphatic heterocycles. The number of fused-ring (bicyclic) bond motifs is 1. The number of imidazole rings is 1.